The summed E-state index contributed by atoms with van der Waals surface area (Å²) in [7, 11) is 0. The molecule has 2 aliphatic rings. The quantitative estimate of drug-likeness (QED) is 0.753. The van der Waals surface area contributed by atoms with E-state index < -0.39 is 0 Å². The van der Waals surface area contributed by atoms with E-state index in [1.54, 1.807) is 0 Å². The fourth-order valence-electron chi connectivity index (χ4n) is 3.67. The zero-order valence-corrected chi connectivity index (χ0v) is 11.8. The molecule has 1 saturated heterocycles. The van der Waals surface area contributed by atoms with Crippen LogP contribution in [-0.2, 0) is 5.88 Å². The number of rotatable bonds is 2. The van der Waals surface area contributed by atoms with Crippen LogP contribution in [0.2, 0.25) is 0 Å². The summed E-state index contributed by atoms with van der Waals surface area (Å²) in [5, 5.41) is 0. The Balaban J connectivity index is 1.86. The van der Waals surface area contributed by atoms with E-state index in [0.29, 0.717) is 5.88 Å². The monoisotopic (exact) mass is 264 g/mol. The maximum atomic E-state index is 5.87. The Bertz CT molecular complexity index is 433. The van der Waals surface area contributed by atoms with Gasteiger partial charge in [0.05, 0.1) is 0 Å². The highest BCUT2D eigenvalue weighted by Crippen LogP contribution is 2.39. The van der Waals surface area contributed by atoms with E-state index in [2.05, 4.69) is 22.9 Å². The van der Waals surface area contributed by atoms with Crippen molar-refractivity contribution in [3.05, 3.63) is 23.4 Å². The Morgan fingerprint density at radius 3 is 2.94 bits per heavy atom. The summed E-state index contributed by atoms with van der Waals surface area (Å²) in [6, 6.07) is 2.93. The molecule has 3 heteroatoms. The SMILES string of the molecule is Cc1cc(CCl)cnc1N1CCC2CCCCC21. The molecule has 2 nitrogen and oxygen atoms in total. The molecule has 1 aliphatic carbocycles. The summed E-state index contributed by atoms with van der Waals surface area (Å²) >= 11 is 5.87. The molecule has 2 atom stereocenters. The first kappa shape index (κ1) is 12.3. The molecule has 18 heavy (non-hydrogen) atoms. The normalized spacial score (nSPS) is 27.3. The van der Waals surface area contributed by atoms with Gasteiger partial charge < -0.3 is 4.90 Å². The van der Waals surface area contributed by atoms with Gasteiger partial charge in [0.25, 0.3) is 0 Å². The van der Waals surface area contributed by atoms with Crippen molar-refractivity contribution >= 4 is 17.4 Å². The Hall–Kier alpha value is -0.760. The van der Waals surface area contributed by atoms with E-state index in [1.165, 1.54) is 50.0 Å². The summed E-state index contributed by atoms with van der Waals surface area (Å²) in [4.78, 5) is 7.22. The fourth-order valence-corrected chi connectivity index (χ4v) is 3.81. The molecule has 2 unspecified atom stereocenters. The zero-order valence-electron chi connectivity index (χ0n) is 11.0. The number of fused-ring (bicyclic) bond motifs is 1. The van der Waals surface area contributed by atoms with Crippen LogP contribution >= 0.6 is 11.6 Å². The first-order valence-electron chi connectivity index (χ1n) is 7.07. The topological polar surface area (TPSA) is 16.1 Å². The third-order valence-corrected chi connectivity index (χ3v) is 4.85. The lowest BCUT2D eigenvalue weighted by Gasteiger charge is -2.33. The molecule has 0 spiro atoms. The number of aromatic nitrogens is 1. The lowest BCUT2D eigenvalue weighted by atomic mass is 9.85. The molecule has 1 saturated carbocycles. The molecule has 0 radical (unpaired) electrons. The second-order valence-electron chi connectivity index (χ2n) is 5.71. The van der Waals surface area contributed by atoms with Gasteiger partial charge in [-0.2, -0.15) is 0 Å². The van der Waals surface area contributed by atoms with Crippen LogP contribution in [0, 0.1) is 12.8 Å². The lowest BCUT2D eigenvalue weighted by Crippen LogP contribution is -2.35. The highest BCUT2D eigenvalue weighted by molar-refractivity contribution is 6.17. The summed E-state index contributed by atoms with van der Waals surface area (Å²) in [6.45, 7) is 3.35. The largest absolute Gasteiger partial charge is 0.353 e. The van der Waals surface area contributed by atoms with Crippen molar-refractivity contribution in [3.8, 4) is 0 Å². The first-order valence-corrected chi connectivity index (χ1v) is 7.61. The second kappa shape index (κ2) is 5.08. The molecule has 0 N–H and O–H groups in total. The summed E-state index contributed by atoms with van der Waals surface area (Å²) in [6.07, 6.45) is 8.86. The lowest BCUT2D eigenvalue weighted by molar-refractivity contribution is 0.341. The minimum absolute atomic E-state index is 0.556. The molecule has 1 aliphatic heterocycles. The maximum Gasteiger partial charge on any atom is 0.131 e. The number of hydrogen-bond donors (Lipinski definition) is 0. The van der Waals surface area contributed by atoms with Crippen molar-refractivity contribution in [2.75, 3.05) is 11.4 Å². The minimum atomic E-state index is 0.556. The average Bonchev–Trinajstić information content (AvgIpc) is 2.82. The maximum absolute atomic E-state index is 5.87. The van der Waals surface area contributed by atoms with Gasteiger partial charge >= 0.3 is 0 Å². The van der Waals surface area contributed by atoms with Crippen LogP contribution in [0.3, 0.4) is 0 Å². The molecule has 2 fully saturated rings. The molecule has 0 bridgehead atoms. The Morgan fingerprint density at radius 2 is 2.17 bits per heavy atom. The van der Waals surface area contributed by atoms with E-state index in [-0.39, 0.29) is 0 Å². The molecular formula is C15H21ClN2. The van der Waals surface area contributed by atoms with Gasteiger partial charge in [-0.15, -0.1) is 11.6 Å². The number of anilines is 1. The van der Waals surface area contributed by atoms with Gasteiger partial charge in [-0.3, -0.25) is 0 Å². The van der Waals surface area contributed by atoms with Crippen molar-refractivity contribution in [2.24, 2.45) is 5.92 Å². The predicted molar refractivity (Wildman–Crippen MR) is 76.2 cm³/mol. The third kappa shape index (κ3) is 2.11. The Kier molecular flexibility index (Phi) is 3.47. The van der Waals surface area contributed by atoms with Crippen LogP contribution in [0.25, 0.3) is 0 Å². The van der Waals surface area contributed by atoms with Crippen molar-refractivity contribution in [1.82, 2.24) is 4.98 Å². The molecular weight excluding hydrogens is 244 g/mol. The van der Waals surface area contributed by atoms with Crippen molar-refractivity contribution < 1.29 is 0 Å². The van der Waals surface area contributed by atoms with Crippen LogP contribution in [-0.4, -0.2) is 17.6 Å². The van der Waals surface area contributed by atoms with E-state index in [1.807, 2.05) is 6.20 Å². The van der Waals surface area contributed by atoms with Crippen LogP contribution < -0.4 is 4.90 Å². The van der Waals surface area contributed by atoms with Gasteiger partial charge in [-0.1, -0.05) is 12.8 Å². The third-order valence-electron chi connectivity index (χ3n) is 4.54. The van der Waals surface area contributed by atoms with Gasteiger partial charge in [-0.25, -0.2) is 4.98 Å². The van der Waals surface area contributed by atoms with E-state index >= 15 is 0 Å². The van der Waals surface area contributed by atoms with Gasteiger partial charge in [0.15, 0.2) is 0 Å². The molecule has 98 valence electrons. The summed E-state index contributed by atoms with van der Waals surface area (Å²) in [5.41, 5.74) is 2.40. The van der Waals surface area contributed by atoms with Crippen LogP contribution in [0.4, 0.5) is 5.82 Å². The molecule has 2 heterocycles. The van der Waals surface area contributed by atoms with E-state index in [0.717, 1.165) is 17.5 Å². The number of hydrogen-bond acceptors (Lipinski definition) is 2. The highest BCUT2D eigenvalue weighted by Gasteiger charge is 2.36. The standard InChI is InChI=1S/C15H21ClN2/c1-11-8-12(9-16)10-17-15(11)18-7-6-13-4-2-3-5-14(13)18/h8,10,13-14H,2-7,9H2,1H3. The Morgan fingerprint density at radius 1 is 1.33 bits per heavy atom. The predicted octanol–water partition coefficient (Wildman–Crippen LogP) is 3.90. The zero-order chi connectivity index (χ0) is 12.5. The first-order chi connectivity index (χ1) is 8.79. The molecule has 1 aromatic heterocycles. The molecule has 0 amide bonds. The number of halogens is 1. The van der Waals surface area contributed by atoms with Gasteiger partial charge in [0.1, 0.15) is 5.82 Å². The smallest absolute Gasteiger partial charge is 0.131 e. The number of aryl methyl sites for hydroxylation is 1. The van der Waals surface area contributed by atoms with E-state index in [4.69, 9.17) is 11.6 Å². The fraction of sp³-hybridized carbons (Fsp3) is 0.667. The molecule has 0 aromatic carbocycles. The van der Waals surface area contributed by atoms with Gasteiger partial charge in [-0.05, 0) is 49.3 Å². The van der Waals surface area contributed by atoms with Crippen molar-refractivity contribution in [2.45, 2.75) is 50.9 Å². The van der Waals surface area contributed by atoms with Crippen molar-refractivity contribution in [1.29, 1.82) is 0 Å². The summed E-state index contributed by atoms with van der Waals surface area (Å²) < 4.78 is 0. The van der Waals surface area contributed by atoms with Gasteiger partial charge in [0.2, 0.25) is 0 Å². The molecule has 3 rings (SSSR count). The number of nitrogens with zero attached hydrogens (tertiary/aromatic N) is 2. The van der Waals surface area contributed by atoms with Crippen LogP contribution in [0.5, 0.6) is 0 Å². The van der Waals surface area contributed by atoms with E-state index in [9.17, 15) is 0 Å². The number of pyridine rings is 1. The second-order valence-corrected chi connectivity index (χ2v) is 5.98. The minimum Gasteiger partial charge on any atom is -0.353 e. The average molecular weight is 265 g/mol. The summed E-state index contributed by atoms with van der Waals surface area (Å²) in [5.74, 6) is 2.66. The highest BCUT2D eigenvalue weighted by atomic mass is 35.5. The van der Waals surface area contributed by atoms with Gasteiger partial charge in [0, 0.05) is 24.7 Å². The van der Waals surface area contributed by atoms with Crippen LogP contribution in [0.15, 0.2) is 12.3 Å². The van der Waals surface area contributed by atoms with Crippen molar-refractivity contribution in [3.63, 3.8) is 0 Å². The van der Waals surface area contributed by atoms with Crippen LogP contribution in [0.1, 0.15) is 43.2 Å². The Labute approximate surface area is 114 Å². The number of alkyl halides is 1. The molecule has 1 aromatic rings.